The van der Waals surface area contributed by atoms with E-state index in [2.05, 4.69) is 17.0 Å². The molecule has 2 aromatic rings. The van der Waals surface area contributed by atoms with E-state index >= 15 is 0 Å². The maximum atomic E-state index is 14.4. The number of aliphatic carboxylic acids is 1. The molecule has 2 aliphatic rings. The van der Waals surface area contributed by atoms with Crippen molar-refractivity contribution in [3.05, 3.63) is 45.5 Å². The van der Waals surface area contributed by atoms with Crippen LogP contribution in [0.2, 0.25) is 10.0 Å². The lowest BCUT2D eigenvalue weighted by molar-refractivity contribution is -0.147. The summed E-state index contributed by atoms with van der Waals surface area (Å²) in [5.41, 5.74) is -1.20. The van der Waals surface area contributed by atoms with Gasteiger partial charge in [0.2, 0.25) is 0 Å². The summed E-state index contributed by atoms with van der Waals surface area (Å²) in [5.74, 6) is -2.26. The van der Waals surface area contributed by atoms with Gasteiger partial charge in [0.15, 0.2) is 5.69 Å². The Morgan fingerprint density at radius 2 is 1.71 bits per heavy atom. The van der Waals surface area contributed by atoms with Gasteiger partial charge in [-0.1, -0.05) is 43.0 Å². The first-order valence-corrected chi connectivity index (χ1v) is 13.6. The number of carbonyl (C=O) groups is 2. The number of aromatic nitrogens is 3. The summed E-state index contributed by atoms with van der Waals surface area (Å²) in [6.45, 7) is 2.49. The van der Waals surface area contributed by atoms with Gasteiger partial charge >= 0.3 is 12.1 Å². The fraction of sp³-hybridized carbons (Fsp3) is 0.615. The largest absolute Gasteiger partial charge is 0.481 e. The fourth-order valence-electron chi connectivity index (χ4n) is 5.84. The minimum Gasteiger partial charge on any atom is -0.481 e. The molecule has 2 aliphatic carbocycles. The predicted octanol–water partition coefficient (Wildman–Crippen LogP) is 6.68. The van der Waals surface area contributed by atoms with Crippen LogP contribution < -0.4 is 0 Å². The van der Waals surface area contributed by atoms with Gasteiger partial charge in [0, 0.05) is 25.5 Å². The van der Waals surface area contributed by atoms with Gasteiger partial charge in [-0.25, -0.2) is 0 Å². The Morgan fingerprint density at radius 1 is 1.11 bits per heavy atom. The molecule has 4 rings (SSSR count). The maximum absolute atomic E-state index is 14.4. The zero-order valence-corrected chi connectivity index (χ0v) is 22.6. The monoisotopic (exact) mass is 574 g/mol. The van der Waals surface area contributed by atoms with Gasteiger partial charge in [-0.15, -0.1) is 0 Å². The summed E-state index contributed by atoms with van der Waals surface area (Å²) in [7, 11) is 0. The van der Waals surface area contributed by atoms with Crippen LogP contribution in [0.1, 0.15) is 85.9 Å². The molecule has 7 nitrogen and oxygen atoms in total. The van der Waals surface area contributed by atoms with E-state index in [-0.39, 0.29) is 44.1 Å². The Labute approximate surface area is 229 Å². The molecule has 1 amide bonds. The van der Waals surface area contributed by atoms with E-state index in [4.69, 9.17) is 23.2 Å². The minimum absolute atomic E-state index is 0.129. The average molecular weight is 575 g/mol. The zero-order chi connectivity index (χ0) is 27.7. The third-order valence-electron chi connectivity index (χ3n) is 7.94. The molecule has 0 aromatic carbocycles. The smallest absolute Gasteiger partial charge is 0.433 e. The number of carboxylic acids is 1. The number of nitrogens with zero attached hydrogens (tertiary/aromatic N) is 4. The van der Waals surface area contributed by atoms with E-state index < -0.39 is 41.3 Å². The molecule has 0 spiro atoms. The third kappa shape index (κ3) is 6.28. The number of alkyl halides is 3. The average Bonchev–Trinajstić information content (AvgIpc) is 3.49. The predicted molar refractivity (Wildman–Crippen MR) is 136 cm³/mol. The second-order valence-corrected chi connectivity index (χ2v) is 11.6. The van der Waals surface area contributed by atoms with E-state index in [0.717, 1.165) is 36.6 Å². The Balaban J connectivity index is 1.64. The molecule has 1 N–H and O–H groups in total. The molecule has 0 bridgehead atoms. The van der Waals surface area contributed by atoms with Crippen LogP contribution in [0, 0.1) is 11.3 Å². The number of hydrogen-bond donors (Lipinski definition) is 1. The van der Waals surface area contributed by atoms with Crippen molar-refractivity contribution >= 4 is 35.1 Å². The fourth-order valence-corrected chi connectivity index (χ4v) is 6.39. The molecule has 2 saturated carbocycles. The number of rotatable bonds is 8. The highest BCUT2D eigenvalue weighted by Crippen LogP contribution is 2.41. The van der Waals surface area contributed by atoms with Gasteiger partial charge in [0.05, 0.1) is 33.8 Å². The molecule has 2 fully saturated rings. The molecule has 0 unspecified atom stereocenters. The minimum atomic E-state index is -4.81. The van der Waals surface area contributed by atoms with Gasteiger partial charge in [-0.05, 0) is 55.9 Å². The number of hydrogen-bond acceptors (Lipinski definition) is 4. The lowest BCUT2D eigenvalue weighted by Crippen LogP contribution is -2.41. The van der Waals surface area contributed by atoms with E-state index in [9.17, 15) is 27.9 Å². The summed E-state index contributed by atoms with van der Waals surface area (Å²) < 4.78 is 44.1. The van der Waals surface area contributed by atoms with Gasteiger partial charge in [-0.3, -0.25) is 19.3 Å². The summed E-state index contributed by atoms with van der Waals surface area (Å²) in [6.07, 6.45) is 4.13. The van der Waals surface area contributed by atoms with E-state index in [1.807, 2.05) is 0 Å². The lowest BCUT2D eigenvalue weighted by atomic mass is 9.86. The first-order chi connectivity index (χ1) is 17.9. The van der Waals surface area contributed by atoms with Gasteiger partial charge < -0.3 is 10.0 Å². The standard InChI is InChI=1S/C26H31Cl2F3N4O3/c1-25(9-2-3-10-25)15-34(11-8-18-20(27)13-32-14-21(18)28)23(36)19-12-33-35(22(19)26(29,30)31)17-6-4-16(5-7-17)24(37)38/h12-14,16-17H,2-11,15H2,1H3,(H,37,38). The summed E-state index contributed by atoms with van der Waals surface area (Å²) in [5, 5.41) is 13.9. The van der Waals surface area contributed by atoms with Crippen molar-refractivity contribution in [3.8, 4) is 0 Å². The molecule has 38 heavy (non-hydrogen) atoms. The molecule has 2 heterocycles. The summed E-state index contributed by atoms with van der Waals surface area (Å²) in [4.78, 5) is 30.5. The van der Waals surface area contributed by atoms with Crippen molar-refractivity contribution in [2.24, 2.45) is 11.3 Å². The molecule has 2 aromatic heterocycles. The summed E-state index contributed by atoms with van der Waals surface area (Å²) in [6, 6.07) is -0.626. The van der Waals surface area contributed by atoms with E-state index in [1.54, 1.807) is 0 Å². The second kappa shape index (κ2) is 11.4. The van der Waals surface area contributed by atoms with Crippen LogP contribution in [0.25, 0.3) is 0 Å². The number of carbonyl (C=O) groups excluding carboxylic acids is 1. The SMILES string of the molecule is CC1(CN(CCc2c(Cl)cncc2Cl)C(=O)c2cnn(C3CCC(C(=O)O)CC3)c2C(F)(F)F)CCCC1. The highest BCUT2D eigenvalue weighted by molar-refractivity contribution is 6.35. The number of pyridine rings is 1. The van der Waals surface area contributed by atoms with Crippen LogP contribution in [-0.2, 0) is 17.4 Å². The Kier molecular flexibility index (Phi) is 8.62. The molecule has 0 saturated heterocycles. The van der Waals surface area contributed by atoms with Crippen LogP contribution in [0.15, 0.2) is 18.6 Å². The summed E-state index contributed by atoms with van der Waals surface area (Å²) >= 11 is 12.5. The Morgan fingerprint density at radius 3 is 2.26 bits per heavy atom. The van der Waals surface area contributed by atoms with Crippen molar-refractivity contribution < 1.29 is 27.9 Å². The second-order valence-electron chi connectivity index (χ2n) is 10.8. The van der Waals surface area contributed by atoms with Crippen molar-refractivity contribution in [1.29, 1.82) is 0 Å². The Hall–Kier alpha value is -2.33. The molecular formula is C26H31Cl2F3N4O3. The van der Waals surface area contributed by atoms with Crippen LogP contribution in [-0.4, -0.2) is 49.7 Å². The van der Waals surface area contributed by atoms with Gasteiger partial charge in [0.25, 0.3) is 5.91 Å². The van der Waals surface area contributed by atoms with Crippen LogP contribution in [0.5, 0.6) is 0 Å². The van der Waals surface area contributed by atoms with Crippen molar-refractivity contribution in [2.75, 3.05) is 13.1 Å². The first-order valence-electron chi connectivity index (χ1n) is 12.8. The first kappa shape index (κ1) is 28.7. The molecule has 0 aliphatic heterocycles. The number of carboxylic acid groups (broad SMARTS) is 1. The molecule has 0 atom stereocenters. The van der Waals surface area contributed by atoms with Crippen LogP contribution >= 0.6 is 23.2 Å². The third-order valence-corrected chi connectivity index (χ3v) is 8.59. The number of halogens is 5. The number of amides is 1. The molecule has 12 heteroatoms. The van der Waals surface area contributed by atoms with Crippen molar-refractivity contribution in [2.45, 2.75) is 76.9 Å². The van der Waals surface area contributed by atoms with E-state index in [1.165, 1.54) is 17.3 Å². The Bertz CT molecular complexity index is 1150. The topological polar surface area (TPSA) is 88.3 Å². The highest BCUT2D eigenvalue weighted by atomic mass is 35.5. The van der Waals surface area contributed by atoms with Crippen molar-refractivity contribution in [3.63, 3.8) is 0 Å². The van der Waals surface area contributed by atoms with Crippen LogP contribution in [0.4, 0.5) is 13.2 Å². The van der Waals surface area contributed by atoms with Gasteiger partial charge in [-0.2, -0.15) is 18.3 Å². The molecule has 208 valence electrons. The normalized spacial score (nSPS) is 21.4. The maximum Gasteiger partial charge on any atom is 0.433 e. The van der Waals surface area contributed by atoms with Crippen LogP contribution in [0.3, 0.4) is 0 Å². The zero-order valence-electron chi connectivity index (χ0n) is 21.1. The molecular weight excluding hydrogens is 544 g/mol. The van der Waals surface area contributed by atoms with Crippen molar-refractivity contribution in [1.82, 2.24) is 19.7 Å². The van der Waals surface area contributed by atoms with E-state index in [0.29, 0.717) is 22.2 Å². The lowest BCUT2D eigenvalue weighted by Gasteiger charge is -2.33. The molecule has 0 radical (unpaired) electrons. The van der Waals surface area contributed by atoms with Gasteiger partial charge in [0.1, 0.15) is 0 Å². The highest BCUT2D eigenvalue weighted by Gasteiger charge is 2.44. The quantitative estimate of drug-likeness (QED) is 0.379.